The van der Waals surface area contributed by atoms with Gasteiger partial charge in [-0.2, -0.15) is 0 Å². The Kier molecular flexibility index (Phi) is 5.14. The Morgan fingerprint density at radius 1 is 0.971 bits per heavy atom. The average Bonchev–Trinajstić information content (AvgIpc) is 3.17. The maximum absolute atomic E-state index is 10.1. The smallest absolute Gasteiger partial charge is 0.191 e. The Morgan fingerprint density at radius 3 is 2.46 bits per heavy atom. The lowest BCUT2D eigenvalue weighted by atomic mass is 9.72. The minimum atomic E-state index is 0.204. The SMILES string of the molecule is CC(C)C(C)c1onc(N2CC3(CN(c4ccc5cc(-c6ccccc6O)nnc5c4)C3)C2)c1Cl. The largest absolute Gasteiger partial charge is 0.507 e. The van der Waals surface area contributed by atoms with Gasteiger partial charge in [0.1, 0.15) is 10.8 Å². The fourth-order valence-corrected chi connectivity index (χ4v) is 5.53. The molecule has 4 aromatic rings. The number of aromatic nitrogens is 3. The molecule has 1 unspecified atom stereocenters. The Labute approximate surface area is 209 Å². The van der Waals surface area contributed by atoms with Crippen molar-refractivity contribution in [1.82, 2.24) is 15.4 Å². The van der Waals surface area contributed by atoms with Crippen LogP contribution in [0.15, 0.2) is 53.1 Å². The van der Waals surface area contributed by atoms with E-state index < -0.39 is 0 Å². The molecule has 8 heteroatoms. The Morgan fingerprint density at radius 2 is 1.71 bits per heavy atom. The van der Waals surface area contributed by atoms with Crippen molar-refractivity contribution in [3.8, 4) is 17.0 Å². The summed E-state index contributed by atoms with van der Waals surface area (Å²) in [5.74, 6) is 2.45. The lowest BCUT2D eigenvalue weighted by Crippen LogP contribution is -2.72. The van der Waals surface area contributed by atoms with Crippen molar-refractivity contribution >= 4 is 34.0 Å². The highest BCUT2D eigenvalue weighted by Gasteiger charge is 2.53. The fraction of sp³-hybridized carbons (Fsp3) is 0.370. The number of phenols is 1. The normalized spacial score (nSPS) is 17.6. The number of benzene rings is 2. The molecule has 2 aliphatic heterocycles. The molecular weight excluding hydrogens is 462 g/mol. The summed E-state index contributed by atoms with van der Waals surface area (Å²) in [7, 11) is 0. The van der Waals surface area contributed by atoms with E-state index in [1.54, 1.807) is 12.1 Å². The maximum atomic E-state index is 10.1. The second-order valence-corrected chi connectivity index (χ2v) is 10.8. The molecule has 180 valence electrons. The van der Waals surface area contributed by atoms with E-state index in [1.807, 2.05) is 18.2 Å². The number of hydrogen-bond acceptors (Lipinski definition) is 7. The van der Waals surface area contributed by atoms with Crippen LogP contribution >= 0.6 is 11.6 Å². The second kappa shape index (κ2) is 8.12. The average molecular weight is 490 g/mol. The molecule has 2 aliphatic rings. The molecule has 0 aliphatic carbocycles. The predicted octanol–water partition coefficient (Wildman–Crippen LogP) is 5.73. The number of fused-ring (bicyclic) bond motifs is 1. The standard InChI is InChI=1S/C27H28ClN5O2/c1-16(2)17(3)25-24(28)26(31-35-25)33-14-27(15-33)12-32(13-27)19-9-8-18-10-22(30-29-21(18)11-19)20-6-4-5-7-23(20)34/h4-11,16-17,34H,12-15H2,1-3H3. The lowest BCUT2D eigenvalue weighted by Gasteiger charge is -2.61. The Hall–Kier alpha value is -3.32. The van der Waals surface area contributed by atoms with Gasteiger partial charge in [-0.05, 0) is 36.2 Å². The molecule has 2 aromatic carbocycles. The van der Waals surface area contributed by atoms with Crippen molar-refractivity contribution in [2.75, 3.05) is 36.0 Å². The summed E-state index contributed by atoms with van der Waals surface area (Å²) in [6.07, 6.45) is 0. The van der Waals surface area contributed by atoms with Gasteiger partial charge >= 0.3 is 0 Å². The van der Waals surface area contributed by atoms with Crippen LogP contribution < -0.4 is 9.80 Å². The van der Waals surface area contributed by atoms with E-state index in [4.69, 9.17) is 16.1 Å². The van der Waals surface area contributed by atoms with E-state index in [1.165, 1.54) is 0 Å². The third-order valence-corrected chi connectivity index (χ3v) is 7.93. The monoisotopic (exact) mass is 489 g/mol. The van der Waals surface area contributed by atoms with Crippen molar-refractivity contribution in [1.29, 1.82) is 0 Å². The van der Waals surface area contributed by atoms with Gasteiger partial charge in [0.25, 0.3) is 0 Å². The van der Waals surface area contributed by atoms with Crippen molar-refractivity contribution in [3.63, 3.8) is 0 Å². The number of hydrogen-bond donors (Lipinski definition) is 1. The fourth-order valence-electron chi connectivity index (χ4n) is 5.17. The predicted molar refractivity (Wildman–Crippen MR) is 138 cm³/mol. The molecule has 2 saturated heterocycles. The molecule has 0 radical (unpaired) electrons. The molecule has 35 heavy (non-hydrogen) atoms. The van der Waals surface area contributed by atoms with E-state index in [-0.39, 0.29) is 17.1 Å². The van der Waals surface area contributed by atoms with Crippen LogP contribution in [0.25, 0.3) is 22.2 Å². The molecule has 2 aromatic heterocycles. The van der Waals surface area contributed by atoms with Crippen molar-refractivity contribution in [3.05, 3.63) is 59.3 Å². The zero-order valence-electron chi connectivity index (χ0n) is 20.1. The van der Waals surface area contributed by atoms with Crippen molar-refractivity contribution in [2.24, 2.45) is 11.3 Å². The van der Waals surface area contributed by atoms with Gasteiger partial charge in [-0.25, -0.2) is 0 Å². The van der Waals surface area contributed by atoms with Crippen LogP contribution in [-0.4, -0.2) is 46.6 Å². The molecule has 6 rings (SSSR count). The molecule has 1 spiro atoms. The van der Waals surface area contributed by atoms with Crippen LogP contribution in [0.3, 0.4) is 0 Å². The number of anilines is 2. The first-order chi connectivity index (χ1) is 16.8. The number of nitrogens with zero attached hydrogens (tertiary/aromatic N) is 5. The zero-order chi connectivity index (χ0) is 24.3. The van der Waals surface area contributed by atoms with Gasteiger partial charge in [0, 0.05) is 54.1 Å². The third kappa shape index (κ3) is 3.69. The van der Waals surface area contributed by atoms with Crippen LogP contribution in [0, 0.1) is 11.3 Å². The second-order valence-electron chi connectivity index (χ2n) is 10.4. The highest BCUT2D eigenvalue weighted by atomic mass is 35.5. The van der Waals surface area contributed by atoms with Gasteiger partial charge < -0.3 is 19.4 Å². The number of halogens is 1. The molecule has 7 nitrogen and oxygen atoms in total. The van der Waals surface area contributed by atoms with Gasteiger partial charge in [0.15, 0.2) is 11.6 Å². The lowest BCUT2D eigenvalue weighted by molar-refractivity contribution is 0.154. The molecule has 0 saturated carbocycles. The van der Waals surface area contributed by atoms with E-state index >= 15 is 0 Å². The molecule has 1 atom stereocenters. The first-order valence-corrected chi connectivity index (χ1v) is 12.4. The van der Waals surface area contributed by atoms with E-state index in [2.05, 4.69) is 64.1 Å². The summed E-state index contributed by atoms with van der Waals surface area (Å²) in [4.78, 5) is 4.61. The molecule has 2 fully saturated rings. The summed E-state index contributed by atoms with van der Waals surface area (Å²) < 4.78 is 5.61. The van der Waals surface area contributed by atoms with Crippen molar-refractivity contribution in [2.45, 2.75) is 26.7 Å². The summed E-state index contributed by atoms with van der Waals surface area (Å²) in [6, 6.07) is 15.5. The highest BCUT2D eigenvalue weighted by Crippen LogP contribution is 2.46. The topological polar surface area (TPSA) is 78.5 Å². The summed E-state index contributed by atoms with van der Waals surface area (Å²) in [5, 5.41) is 24.9. The van der Waals surface area contributed by atoms with E-state index in [0.717, 1.165) is 54.3 Å². The van der Waals surface area contributed by atoms with Crippen LogP contribution in [0.4, 0.5) is 11.5 Å². The van der Waals surface area contributed by atoms with E-state index in [0.29, 0.717) is 22.2 Å². The number of rotatable bonds is 5. The first-order valence-electron chi connectivity index (χ1n) is 12.0. The summed E-state index contributed by atoms with van der Waals surface area (Å²) in [6.45, 7) is 10.3. The number of aromatic hydroxyl groups is 1. The molecule has 0 amide bonds. The molecular formula is C27H28ClN5O2. The van der Waals surface area contributed by atoms with Gasteiger partial charge in [-0.3, -0.25) is 0 Å². The van der Waals surface area contributed by atoms with E-state index in [9.17, 15) is 5.11 Å². The zero-order valence-corrected chi connectivity index (χ0v) is 20.8. The van der Waals surface area contributed by atoms with Gasteiger partial charge in [-0.1, -0.05) is 55.7 Å². The quantitative estimate of drug-likeness (QED) is 0.383. The minimum Gasteiger partial charge on any atom is -0.507 e. The number of para-hydroxylation sites is 1. The van der Waals surface area contributed by atoms with Gasteiger partial charge in [-0.15, -0.1) is 10.2 Å². The Bertz CT molecular complexity index is 1400. The van der Waals surface area contributed by atoms with Crippen LogP contribution in [0.1, 0.15) is 32.4 Å². The van der Waals surface area contributed by atoms with Crippen LogP contribution in [0.2, 0.25) is 5.02 Å². The summed E-state index contributed by atoms with van der Waals surface area (Å²) >= 11 is 6.63. The highest BCUT2D eigenvalue weighted by molar-refractivity contribution is 6.33. The Balaban J connectivity index is 1.13. The van der Waals surface area contributed by atoms with Gasteiger partial charge in [0.2, 0.25) is 0 Å². The molecule has 4 heterocycles. The van der Waals surface area contributed by atoms with Crippen LogP contribution in [-0.2, 0) is 0 Å². The summed E-state index contributed by atoms with van der Waals surface area (Å²) in [5.41, 5.74) is 3.61. The number of phenolic OH excluding ortho intramolecular Hbond substituents is 1. The van der Waals surface area contributed by atoms with Crippen molar-refractivity contribution < 1.29 is 9.63 Å². The maximum Gasteiger partial charge on any atom is 0.191 e. The van der Waals surface area contributed by atoms with Crippen LogP contribution in [0.5, 0.6) is 5.75 Å². The first kappa shape index (κ1) is 22.2. The molecule has 0 bridgehead atoms. The minimum absolute atomic E-state index is 0.204. The molecule has 1 N–H and O–H groups in total. The van der Waals surface area contributed by atoms with Gasteiger partial charge in [0.05, 0.1) is 11.2 Å². The third-order valence-electron chi connectivity index (χ3n) is 7.58.